The number of unbranched alkanes of at least 4 members (excludes halogenated alkanes) is 2. The van der Waals surface area contributed by atoms with Crippen LogP contribution in [0.3, 0.4) is 0 Å². The second-order valence-corrected chi connectivity index (χ2v) is 6.12. The average molecular weight is 211 g/mol. The van der Waals surface area contributed by atoms with Gasteiger partial charge in [-0.05, 0) is 37.8 Å². The summed E-state index contributed by atoms with van der Waals surface area (Å²) >= 11 is 0. The van der Waals surface area contributed by atoms with E-state index < -0.39 is 0 Å². The van der Waals surface area contributed by atoms with Crippen LogP contribution in [0.15, 0.2) is 0 Å². The van der Waals surface area contributed by atoms with Gasteiger partial charge in [-0.2, -0.15) is 0 Å². The summed E-state index contributed by atoms with van der Waals surface area (Å²) in [5, 5.41) is 0. The molecule has 1 fully saturated rings. The summed E-state index contributed by atoms with van der Waals surface area (Å²) in [5.74, 6) is 0. The summed E-state index contributed by atoms with van der Waals surface area (Å²) in [4.78, 5) is 2.75. The van der Waals surface area contributed by atoms with E-state index in [1.165, 1.54) is 51.6 Å². The van der Waals surface area contributed by atoms with E-state index in [1.807, 2.05) is 0 Å². The van der Waals surface area contributed by atoms with Gasteiger partial charge in [0, 0.05) is 6.04 Å². The van der Waals surface area contributed by atoms with Crippen molar-refractivity contribution >= 4 is 0 Å². The molecule has 1 atom stereocenters. The molecule has 15 heavy (non-hydrogen) atoms. The lowest BCUT2D eigenvalue weighted by Gasteiger charge is -2.43. The standard InChI is InChI=1S/C14H29N/c1-5-6-8-11-15-12-9-7-10-13(15)14(2,3)4/h13H,5-12H2,1-4H3. The highest BCUT2D eigenvalue weighted by atomic mass is 15.2. The zero-order valence-electron chi connectivity index (χ0n) is 11.2. The van der Waals surface area contributed by atoms with Gasteiger partial charge in [0.1, 0.15) is 0 Å². The van der Waals surface area contributed by atoms with Crippen LogP contribution in [0.4, 0.5) is 0 Å². The van der Waals surface area contributed by atoms with Crippen LogP contribution in [0.1, 0.15) is 66.2 Å². The zero-order chi connectivity index (χ0) is 11.3. The number of hydrogen-bond acceptors (Lipinski definition) is 1. The van der Waals surface area contributed by atoms with Crippen molar-refractivity contribution in [1.29, 1.82) is 0 Å². The molecule has 0 spiro atoms. The fourth-order valence-electron chi connectivity index (χ4n) is 2.80. The molecule has 1 rings (SSSR count). The molecule has 1 nitrogen and oxygen atoms in total. The summed E-state index contributed by atoms with van der Waals surface area (Å²) in [6, 6.07) is 0.822. The second kappa shape index (κ2) is 5.89. The van der Waals surface area contributed by atoms with E-state index in [1.54, 1.807) is 0 Å². The van der Waals surface area contributed by atoms with E-state index in [4.69, 9.17) is 0 Å². The number of piperidine rings is 1. The van der Waals surface area contributed by atoms with Gasteiger partial charge in [0.05, 0.1) is 0 Å². The SMILES string of the molecule is CCCCCN1CCCCC1C(C)(C)C. The topological polar surface area (TPSA) is 3.24 Å². The maximum atomic E-state index is 2.75. The van der Waals surface area contributed by atoms with Gasteiger partial charge in [-0.1, -0.05) is 47.0 Å². The molecule has 1 saturated heterocycles. The van der Waals surface area contributed by atoms with Gasteiger partial charge >= 0.3 is 0 Å². The summed E-state index contributed by atoms with van der Waals surface area (Å²) < 4.78 is 0. The van der Waals surface area contributed by atoms with Crippen molar-refractivity contribution in [1.82, 2.24) is 4.90 Å². The monoisotopic (exact) mass is 211 g/mol. The second-order valence-electron chi connectivity index (χ2n) is 6.12. The molecule has 0 N–H and O–H groups in total. The maximum Gasteiger partial charge on any atom is 0.0144 e. The third-order valence-electron chi connectivity index (χ3n) is 3.66. The van der Waals surface area contributed by atoms with E-state index >= 15 is 0 Å². The van der Waals surface area contributed by atoms with Gasteiger partial charge in [0.15, 0.2) is 0 Å². The molecule has 1 unspecified atom stereocenters. The quantitative estimate of drug-likeness (QED) is 0.633. The predicted octanol–water partition coefficient (Wildman–Crippen LogP) is 4.08. The van der Waals surface area contributed by atoms with Crippen molar-refractivity contribution in [2.24, 2.45) is 5.41 Å². The Hall–Kier alpha value is -0.0400. The molecule has 0 saturated carbocycles. The highest BCUT2D eigenvalue weighted by Gasteiger charge is 2.31. The van der Waals surface area contributed by atoms with E-state index in [9.17, 15) is 0 Å². The van der Waals surface area contributed by atoms with E-state index in [0.29, 0.717) is 5.41 Å². The van der Waals surface area contributed by atoms with Gasteiger partial charge in [0.25, 0.3) is 0 Å². The van der Waals surface area contributed by atoms with Crippen molar-refractivity contribution in [3.63, 3.8) is 0 Å². The van der Waals surface area contributed by atoms with Crippen molar-refractivity contribution < 1.29 is 0 Å². The van der Waals surface area contributed by atoms with Crippen LogP contribution in [0.25, 0.3) is 0 Å². The molecule has 0 aliphatic carbocycles. The first kappa shape index (κ1) is 13.0. The Morgan fingerprint density at radius 1 is 1.13 bits per heavy atom. The van der Waals surface area contributed by atoms with Crippen LogP contribution in [-0.2, 0) is 0 Å². The number of nitrogens with zero attached hydrogens (tertiary/aromatic N) is 1. The van der Waals surface area contributed by atoms with Gasteiger partial charge in [-0.25, -0.2) is 0 Å². The molecule has 1 heteroatoms. The molecule has 0 aromatic rings. The van der Waals surface area contributed by atoms with Crippen LogP contribution < -0.4 is 0 Å². The molecule has 0 aromatic carbocycles. The summed E-state index contributed by atoms with van der Waals surface area (Å²) in [6.07, 6.45) is 8.39. The third-order valence-corrected chi connectivity index (χ3v) is 3.66. The first-order chi connectivity index (χ1) is 7.05. The number of hydrogen-bond donors (Lipinski definition) is 0. The Kier molecular flexibility index (Phi) is 5.11. The lowest BCUT2D eigenvalue weighted by Crippen LogP contribution is -2.47. The molecule has 1 aliphatic rings. The third kappa shape index (κ3) is 4.14. The fraction of sp³-hybridized carbons (Fsp3) is 1.00. The Morgan fingerprint density at radius 2 is 1.87 bits per heavy atom. The molecule has 0 radical (unpaired) electrons. The largest absolute Gasteiger partial charge is 0.300 e. The highest BCUT2D eigenvalue weighted by molar-refractivity contribution is 4.86. The molecule has 90 valence electrons. The van der Waals surface area contributed by atoms with Gasteiger partial charge in [0.2, 0.25) is 0 Å². The Morgan fingerprint density at radius 3 is 2.47 bits per heavy atom. The minimum atomic E-state index is 0.465. The first-order valence-electron chi connectivity index (χ1n) is 6.79. The van der Waals surface area contributed by atoms with Crippen molar-refractivity contribution in [3.05, 3.63) is 0 Å². The summed E-state index contributed by atoms with van der Waals surface area (Å²) in [6.45, 7) is 12.2. The number of likely N-dealkylation sites (tertiary alicyclic amines) is 1. The summed E-state index contributed by atoms with van der Waals surface area (Å²) in [5.41, 5.74) is 0.465. The molecule has 1 aliphatic heterocycles. The molecule has 0 amide bonds. The molecular weight excluding hydrogens is 182 g/mol. The van der Waals surface area contributed by atoms with Gasteiger partial charge < -0.3 is 0 Å². The van der Waals surface area contributed by atoms with E-state index in [-0.39, 0.29) is 0 Å². The smallest absolute Gasteiger partial charge is 0.0144 e. The predicted molar refractivity (Wildman–Crippen MR) is 68.2 cm³/mol. The van der Waals surface area contributed by atoms with Crippen LogP contribution >= 0.6 is 0 Å². The van der Waals surface area contributed by atoms with Crippen LogP contribution in [0, 0.1) is 5.41 Å². The van der Waals surface area contributed by atoms with E-state index in [2.05, 4.69) is 32.6 Å². The van der Waals surface area contributed by atoms with Crippen molar-refractivity contribution in [3.8, 4) is 0 Å². The van der Waals surface area contributed by atoms with Crippen LogP contribution in [0.5, 0.6) is 0 Å². The molecule has 1 heterocycles. The maximum absolute atomic E-state index is 2.75. The minimum absolute atomic E-state index is 0.465. The Bertz CT molecular complexity index is 169. The lowest BCUT2D eigenvalue weighted by molar-refractivity contribution is 0.0625. The summed E-state index contributed by atoms with van der Waals surface area (Å²) in [7, 11) is 0. The normalized spacial score (nSPS) is 24.4. The van der Waals surface area contributed by atoms with Gasteiger partial charge in [-0.15, -0.1) is 0 Å². The first-order valence-corrected chi connectivity index (χ1v) is 6.79. The van der Waals surface area contributed by atoms with Crippen LogP contribution in [-0.4, -0.2) is 24.0 Å². The Labute approximate surface area is 96.2 Å². The Balaban J connectivity index is 2.43. The fourth-order valence-corrected chi connectivity index (χ4v) is 2.80. The molecule has 0 bridgehead atoms. The molecular formula is C14H29N. The lowest BCUT2D eigenvalue weighted by atomic mass is 9.80. The molecule has 0 aromatic heterocycles. The van der Waals surface area contributed by atoms with Crippen molar-refractivity contribution in [2.45, 2.75) is 72.3 Å². The highest BCUT2D eigenvalue weighted by Crippen LogP contribution is 2.31. The van der Waals surface area contributed by atoms with Crippen molar-refractivity contribution in [2.75, 3.05) is 13.1 Å². The van der Waals surface area contributed by atoms with Gasteiger partial charge in [-0.3, -0.25) is 4.90 Å². The zero-order valence-corrected chi connectivity index (χ0v) is 11.2. The average Bonchev–Trinajstić information content (AvgIpc) is 2.17. The van der Waals surface area contributed by atoms with Crippen LogP contribution in [0.2, 0.25) is 0 Å². The van der Waals surface area contributed by atoms with E-state index in [0.717, 1.165) is 6.04 Å². The minimum Gasteiger partial charge on any atom is -0.300 e. The number of rotatable bonds is 4.